The molecule has 2 aliphatic heterocycles. The zero-order chi connectivity index (χ0) is 20.3. The lowest BCUT2D eigenvalue weighted by atomic mass is 9.70. The molecule has 2 aromatic rings. The molecule has 2 aromatic carbocycles. The first-order valence-corrected chi connectivity index (χ1v) is 10.4. The molecule has 0 aromatic heterocycles. The van der Waals surface area contributed by atoms with Gasteiger partial charge in [-0.05, 0) is 36.3 Å². The molecule has 0 amide bonds. The van der Waals surface area contributed by atoms with E-state index in [1.807, 2.05) is 36.4 Å². The predicted octanol–water partition coefficient (Wildman–Crippen LogP) is 5.57. The third-order valence-electron chi connectivity index (χ3n) is 6.75. The maximum absolute atomic E-state index is 13.0. The molecule has 1 N–H and O–H groups in total. The van der Waals surface area contributed by atoms with E-state index in [1.165, 1.54) is 5.57 Å². The molecule has 0 fully saturated rings. The van der Waals surface area contributed by atoms with E-state index in [1.54, 1.807) is 0 Å². The van der Waals surface area contributed by atoms with Crippen molar-refractivity contribution in [2.24, 2.45) is 11.8 Å². The minimum absolute atomic E-state index is 0.0573. The van der Waals surface area contributed by atoms with Crippen molar-refractivity contribution in [1.29, 1.82) is 0 Å². The number of allylic oxidation sites excluding steroid dienone is 1. The van der Waals surface area contributed by atoms with E-state index in [2.05, 4.69) is 26.8 Å². The van der Waals surface area contributed by atoms with Crippen molar-refractivity contribution in [1.82, 2.24) is 0 Å². The quantitative estimate of drug-likeness (QED) is 0.682. The average Bonchev–Trinajstić information content (AvgIpc) is 3.09. The van der Waals surface area contributed by atoms with Crippen molar-refractivity contribution in [2.45, 2.75) is 51.7 Å². The Morgan fingerprint density at radius 2 is 1.86 bits per heavy atom. The monoisotopic (exact) mass is 390 g/mol. The summed E-state index contributed by atoms with van der Waals surface area (Å²) < 4.78 is 12.5. The van der Waals surface area contributed by atoms with Gasteiger partial charge in [-0.2, -0.15) is 0 Å². The zero-order valence-corrected chi connectivity index (χ0v) is 17.0. The van der Waals surface area contributed by atoms with Gasteiger partial charge in [0.1, 0.15) is 35.0 Å². The Labute approximate surface area is 171 Å². The Bertz CT molecular complexity index is 1010. The first kappa shape index (κ1) is 18.3. The summed E-state index contributed by atoms with van der Waals surface area (Å²) in [6.45, 7) is 6.51. The molecule has 0 saturated carbocycles. The van der Waals surface area contributed by atoms with Gasteiger partial charge >= 0.3 is 0 Å². The minimum Gasteiger partial charge on any atom is -0.507 e. The Balaban J connectivity index is 1.60. The summed E-state index contributed by atoms with van der Waals surface area (Å²) >= 11 is 0. The van der Waals surface area contributed by atoms with Crippen LogP contribution in [-0.2, 0) is 0 Å². The highest BCUT2D eigenvalue weighted by atomic mass is 16.5. The van der Waals surface area contributed by atoms with Gasteiger partial charge in [-0.25, -0.2) is 0 Å². The van der Waals surface area contributed by atoms with Gasteiger partial charge in [0, 0.05) is 17.5 Å². The number of carbonyl (C=O) groups is 1. The van der Waals surface area contributed by atoms with Crippen molar-refractivity contribution >= 4 is 5.78 Å². The van der Waals surface area contributed by atoms with Crippen LogP contribution in [0.1, 0.15) is 67.1 Å². The molecule has 0 bridgehead atoms. The van der Waals surface area contributed by atoms with Gasteiger partial charge < -0.3 is 14.6 Å². The molecular formula is C25H26O4. The van der Waals surface area contributed by atoms with Crippen LogP contribution in [0, 0.1) is 11.8 Å². The van der Waals surface area contributed by atoms with Crippen molar-refractivity contribution in [2.75, 3.05) is 0 Å². The van der Waals surface area contributed by atoms with Crippen molar-refractivity contribution < 1.29 is 19.4 Å². The van der Waals surface area contributed by atoms with E-state index in [4.69, 9.17) is 9.47 Å². The average molecular weight is 390 g/mol. The number of Topliss-reactive ketones (excluding diaryl/α,β-unsaturated/α-hetero) is 1. The predicted molar refractivity (Wildman–Crippen MR) is 111 cm³/mol. The molecule has 4 heteroatoms. The summed E-state index contributed by atoms with van der Waals surface area (Å²) in [7, 11) is 0. The van der Waals surface area contributed by atoms with E-state index in [-0.39, 0.29) is 36.1 Å². The van der Waals surface area contributed by atoms with Gasteiger partial charge in [-0.3, -0.25) is 4.79 Å². The molecule has 150 valence electrons. The Morgan fingerprint density at radius 1 is 1.10 bits per heavy atom. The van der Waals surface area contributed by atoms with Gasteiger partial charge in [0.2, 0.25) is 0 Å². The second-order valence-corrected chi connectivity index (χ2v) is 8.81. The number of aromatic hydroxyl groups is 1. The first-order valence-electron chi connectivity index (χ1n) is 10.4. The molecule has 4 unspecified atom stereocenters. The van der Waals surface area contributed by atoms with Gasteiger partial charge in [0.05, 0.1) is 6.42 Å². The molecule has 4 atom stereocenters. The van der Waals surface area contributed by atoms with Crippen molar-refractivity contribution in [3.8, 4) is 17.2 Å². The third-order valence-corrected chi connectivity index (χ3v) is 6.75. The highest BCUT2D eigenvalue weighted by molar-refractivity contribution is 6.03. The summed E-state index contributed by atoms with van der Waals surface area (Å²) in [5, 5.41) is 11.2. The van der Waals surface area contributed by atoms with Crippen LogP contribution in [0.15, 0.2) is 48.0 Å². The van der Waals surface area contributed by atoms with E-state index in [0.717, 1.165) is 17.5 Å². The van der Waals surface area contributed by atoms with Gasteiger partial charge in [0.25, 0.3) is 0 Å². The number of hydrogen-bond acceptors (Lipinski definition) is 4. The summed E-state index contributed by atoms with van der Waals surface area (Å²) in [5.74, 6) is 1.94. The maximum atomic E-state index is 13.0. The summed E-state index contributed by atoms with van der Waals surface area (Å²) in [5.41, 5.74) is 3.25. The summed E-state index contributed by atoms with van der Waals surface area (Å²) in [6.07, 6.45) is 3.01. The van der Waals surface area contributed by atoms with Crippen LogP contribution in [0.3, 0.4) is 0 Å². The minimum atomic E-state index is -0.345. The fraction of sp³-hybridized carbons (Fsp3) is 0.400. The van der Waals surface area contributed by atoms with Gasteiger partial charge in [-0.1, -0.05) is 50.3 Å². The highest BCUT2D eigenvalue weighted by Gasteiger charge is 2.47. The largest absolute Gasteiger partial charge is 0.507 e. The lowest BCUT2D eigenvalue weighted by Gasteiger charge is -2.35. The SMILES string of the molecule is CC1=CCC(C(C)C)C2c3c(cc4c(c3O)C(=O)CC(c3ccccc3)O4)OC12. The smallest absolute Gasteiger partial charge is 0.174 e. The van der Waals surface area contributed by atoms with Crippen LogP contribution in [0.2, 0.25) is 0 Å². The normalized spacial score (nSPS) is 27.4. The molecule has 3 aliphatic rings. The van der Waals surface area contributed by atoms with E-state index in [9.17, 15) is 9.90 Å². The molecule has 5 rings (SSSR count). The molecule has 4 nitrogen and oxygen atoms in total. The molecule has 0 radical (unpaired) electrons. The van der Waals surface area contributed by atoms with Crippen LogP contribution in [0.4, 0.5) is 0 Å². The molecule has 1 aliphatic carbocycles. The molecule has 0 saturated heterocycles. The standard InChI is InChI=1S/C25H26O4/c1-13(2)16-10-9-14(3)25-21(16)23-20(29-25)12-19-22(24(23)27)17(26)11-18(28-19)15-7-5-4-6-8-15/h4-9,12-13,16,18,21,25,27H,10-11H2,1-3H3. The molecular weight excluding hydrogens is 364 g/mol. The summed E-state index contributed by atoms with van der Waals surface area (Å²) in [6, 6.07) is 11.6. The molecule has 2 heterocycles. The Kier molecular flexibility index (Phi) is 4.19. The van der Waals surface area contributed by atoms with E-state index in [0.29, 0.717) is 28.9 Å². The van der Waals surface area contributed by atoms with Gasteiger partial charge in [0.15, 0.2) is 5.78 Å². The number of hydrogen-bond donors (Lipinski definition) is 1. The highest BCUT2D eigenvalue weighted by Crippen LogP contribution is 2.57. The van der Waals surface area contributed by atoms with Crippen LogP contribution in [0.25, 0.3) is 0 Å². The number of carbonyl (C=O) groups excluding carboxylic acids is 1. The number of ether oxygens (including phenoxy) is 2. The molecule has 0 spiro atoms. The number of phenols is 1. The lowest BCUT2D eigenvalue weighted by Crippen LogP contribution is -2.32. The number of ketones is 1. The third kappa shape index (κ3) is 2.77. The van der Waals surface area contributed by atoms with Gasteiger partial charge in [-0.15, -0.1) is 0 Å². The number of rotatable bonds is 2. The zero-order valence-electron chi connectivity index (χ0n) is 17.0. The summed E-state index contributed by atoms with van der Waals surface area (Å²) in [4.78, 5) is 13.0. The van der Waals surface area contributed by atoms with Crippen molar-refractivity contribution in [3.63, 3.8) is 0 Å². The van der Waals surface area contributed by atoms with Crippen LogP contribution < -0.4 is 9.47 Å². The van der Waals surface area contributed by atoms with Crippen LogP contribution in [-0.4, -0.2) is 17.0 Å². The maximum Gasteiger partial charge on any atom is 0.174 e. The second kappa shape index (κ2) is 6.65. The number of phenolic OH excluding ortho intramolecular Hbond substituents is 1. The Morgan fingerprint density at radius 3 is 2.59 bits per heavy atom. The molecule has 29 heavy (non-hydrogen) atoms. The number of fused-ring (bicyclic) bond motifs is 4. The van der Waals surface area contributed by atoms with E-state index >= 15 is 0 Å². The Hall–Kier alpha value is -2.75. The fourth-order valence-corrected chi connectivity index (χ4v) is 5.19. The lowest BCUT2D eigenvalue weighted by molar-refractivity contribution is 0.0844. The van der Waals surface area contributed by atoms with Crippen molar-refractivity contribution in [3.05, 3.63) is 64.7 Å². The van der Waals surface area contributed by atoms with Crippen LogP contribution in [0.5, 0.6) is 17.2 Å². The number of benzene rings is 2. The second-order valence-electron chi connectivity index (χ2n) is 8.81. The fourth-order valence-electron chi connectivity index (χ4n) is 5.19. The first-order chi connectivity index (χ1) is 14.0. The topological polar surface area (TPSA) is 55.8 Å². The van der Waals surface area contributed by atoms with E-state index < -0.39 is 0 Å². The van der Waals surface area contributed by atoms with Crippen LogP contribution >= 0.6 is 0 Å².